The largest absolute Gasteiger partial charge is 0.490 e. The van der Waals surface area contributed by atoms with Crippen LogP contribution in [0.4, 0.5) is 0 Å². The summed E-state index contributed by atoms with van der Waals surface area (Å²) in [4.78, 5) is 7.58. The lowest BCUT2D eigenvalue weighted by Crippen LogP contribution is -1.97. The minimum atomic E-state index is 0.435. The van der Waals surface area contributed by atoms with E-state index in [1.54, 1.807) is 0 Å². The zero-order valence-corrected chi connectivity index (χ0v) is 11.7. The maximum Gasteiger partial charge on any atom is 0.130 e. The molecule has 0 radical (unpaired) electrons. The van der Waals surface area contributed by atoms with Crippen molar-refractivity contribution in [3.63, 3.8) is 0 Å². The van der Waals surface area contributed by atoms with Crippen LogP contribution in [0.2, 0.25) is 0 Å². The number of nitrogens with one attached hydrogen (secondary N) is 1. The number of hydrogen-bond donors (Lipinski definition) is 1. The van der Waals surface area contributed by atoms with E-state index in [0.717, 1.165) is 29.3 Å². The number of ether oxygens (including phenoxy) is 1. The summed E-state index contributed by atoms with van der Waals surface area (Å²) in [5.41, 5.74) is 2.11. The van der Waals surface area contributed by atoms with Crippen LogP contribution in [0, 0.1) is 4.64 Å². The fourth-order valence-corrected chi connectivity index (χ4v) is 2.15. The average molecular weight is 272 g/mol. The molecule has 1 aliphatic carbocycles. The second kappa shape index (κ2) is 5.13. The maximum absolute atomic E-state index is 5.74. The predicted molar refractivity (Wildman–Crippen MR) is 77.9 cm³/mol. The van der Waals surface area contributed by atoms with Gasteiger partial charge in [0.2, 0.25) is 0 Å². The van der Waals surface area contributed by atoms with E-state index in [2.05, 4.69) is 29.0 Å². The van der Waals surface area contributed by atoms with E-state index in [4.69, 9.17) is 17.0 Å². The SMILES string of the molecule is CCc1nc(=S)cc(-c2ccc(OC3CC3)cc2)[nH]1. The molecule has 4 heteroatoms. The lowest BCUT2D eigenvalue weighted by Gasteiger charge is -2.07. The van der Waals surface area contributed by atoms with Crippen molar-refractivity contribution >= 4 is 12.2 Å². The minimum Gasteiger partial charge on any atom is -0.490 e. The summed E-state index contributed by atoms with van der Waals surface area (Å²) in [5.74, 6) is 1.86. The minimum absolute atomic E-state index is 0.435. The number of aromatic amines is 1. The van der Waals surface area contributed by atoms with E-state index < -0.39 is 0 Å². The molecule has 1 aliphatic rings. The molecule has 19 heavy (non-hydrogen) atoms. The van der Waals surface area contributed by atoms with E-state index in [1.165, 1.54) is 12.8 Å². The van der Waals surface area contributed by atoms with Gasteiger partial charge in [0.05, 0.1) is 6.10 Å². The molecule has 1 fully saturated rings. The molecule has 1 aromatic carbocycles. The molecule has 1 saturated carbocycles. The van der Waals surface area contributed by atoms with Gasteiger partial charge in [-0.2, -0.15) is 0 Å². The van der Waals surface area contributed by atoms with Gasteiger partial charge in [-0.1, -0.05) is 19.1 Å². The highest BCUT2D eigenvalue weighted by Gasteiger charge is 2.23. The molecule has 0 unspecified atom stereocenters. The Morgan fingerprint density at radius 2 is 2.05 bits per heavy atom. The Labute approximate surface area is 117 Å². The molecule has 0 amide bonds. The predicted octanol–water partition coefficient (Wildman–Crippen LogP) is 3.91. The fourth-order valence-electron chi connectivity index (χ4n) is 1.92. The molecule has 0 aliphatic heterocycles. The lowest BCUT2D eigenvalue weighted by molar-refractivity contribution is 0.303. The molecule has 0 spiro atoms. The van der Waals surface area contributed by atoms with E-state index in [9.17, 15) is 0 Å². The first-order valence-electron chi connectivity index (χ1n) is 6.62. The average Bonchev–Trinajstić information content (AvgIpc) is 3.23. The Kier molecular flexibility index (Phi) is 3.34. The number of hydrogen-bond acceptors (Lipinski definition) is 3. The van der Waals surface area contributed by atoms with Crippen LogP contribution >= 0.6 is 12.2 Å². The van der Waals surface area contributed by atoms with Gasteiger partial charge in [0.15, 0.2) is 0 Å². The molecular weight excluding hydrogens is 256 g/mol. The van der Waals surface area contributed by atoms with Gasteiger partial charge in [-0.05, 0) is 48.7 Å². The maximum atomic E-state index is 5.74. The highest BCUT2D eigenvalue weighted by Crippen LogP contribution is 2.28. The Morgan fingerprint density at radius 1 is 1.32 bits per heavy atom. The highest BCUT2D eigenvalue weighted by atomic mass is 32.1. The zero-order chi connectivity index (χ0) is 13.2. The molecular formula is C15H16N2OS. The van der Waals surface area contributed by atoms with E-state index in [-0.39, 0.29) is 0 Å². The standard InChI is InChI=1S/C15H16N2OS/c1-2-14-16-13(9-15(19)17-14)10-3-5-11(6-4-10)18-12-7-8-12/h3-6,9,12H,2,7-8H2,1H3,(H,16,17,19). The number of nitrogens with zero attached hydrogens (tertiary/aromatic N) is 1. The summed E-state index contributed by atoms with van der Waals surface area (Å²) in [6.07, 6.45) is 3.64. The van der Waals surface area contributed by atoms with Gasteiger partial charge in [0.25, 0.3) is 0 Å². The molecule has 0 saturated heterocycles. The Hall–Kier alpha value is -1.68. The van der Waals surface area contributed by atoms with Crippen molar-refractivity contribution in [1.82, 2.24) is 9.97 Å². The lowest BCUT2D eigenvalue weighted by atomic mass is 10.1. The van der Waals surface area contributed by atoms with Crippen molar-refractivity contribution in [2.45, 2.75) is 32.3 Å². The summed E-state index contributed by atoms with van der Waals surface area (Å²) in [6.45, 7) is 2.06. The first kappa shape index (κ1) is 12.4. The summed E-state index contributed by atoms with van der Waals surface area (Å²) in [5, 5.41) is 0. The van der Waals surface area contributed by atoms with Crippen LogP contribution in [0.3, 0.4) is 0 Å². The van der Waals surface area contributed by atoms with Crippen LogP contribution in [0.1, 0.15) is 25.6 Å². The van der Waals surface area contributed by atoms with Crippen LogP contribution < -0.4 is 4.74 Å². The van der Waals surface area contributed by atoms with Crippen molar-refractivity contribution in [3.05, 3.63) is 40.8 Å². The zero-order valence-electron chi connectivity index (χ0n) is 10.8. The second-order valence-corrected chi connectivity index (χ2v) is 5.19. The van der Waals surface area contributed by atoms with Gasteiger partial charge in [-0.25, -0.2) is 4.98 Å². The van der Waals surface area contributed by atoms with Crippen LogP contribution in [0.15, 0.2) is 30.3 Å². The third-order valence-electron chi connectivity index (χ3n) is 3.12. The van der Waals surface area contributed by atoms with Gasteiger partial charge in [0, 0.05) is 12.1 Å². The molecule has 0 atom stereocenters. The van der Waals surface area contributed by atoms with Gasteiger partial charge in [-0.15, -0.1) is 0 Å². The molecule has 98 valence electrons. The summed E-state index contributed by atoms with van der Waals surface area (Å²) in [6, 6.07) is 10.0. The van der Waals surface area contributed by atoms with Crippen molar-refractivity contribution < 1.29 is 4.74 Å². The molecule has 3 nitrogen and oxygen atoms in total. The third-order valence-corrected chi connectivity index (χ3v) is 3.33. The van der Waals surface area contributed by atoms with E-state index in [1.807, 2.05) is 18.2 Å². The van der Waals surface area contributed by atoms with Gasteiger partial charge < -0.3 is 9.72 Å². The van der Waals surface area contributed by atoms with Gasteiger partial charge >= 0.3 is 0 Å². The van der Waals surface area contributed by atoms with Crippen LogP contribution in [0.25, 0.3) is 11.3 Å². The summed E-state index contributed by atoms with van der Waals surface area (Å²) < 4.78 is 6.37. The van der Waals surface area contributed by atoms with E-state index in [0.29, 0.717) is 10.7 Å². The van der Waals surface area contributed by atoms with Crippen molar-refractivity contribution in [3.8, 4) is 17.0 Å². The third kappa shape index (κ3) is 3.01. The molecule has 1 aromatic heterocycles. The molecule has 2 aromatic rings. The van der Waals surface area contributed by atoms with Crippen molar-refractivity contribution in [2.24, 2.45) is 0 Å². The first-order chi connectivity index (χ1) is 9.24. The monoisotopic (exact) mass is 272 g/mol. The molecule has 0 bridgehead atoms. The number of aromatic nitrogens is 2. The quantitative estimate of drug-likeness (QED) is 0.857. The number of aryl methyl sites for hydroxylation is 1. The Balaban J connectivity index is 1.88. The Bertz CT molecular complexity index is 629. The van der Waals surface area contributed by atoms with Gasteiger partial charge in [0.1, 0.15) is 16.2 Å². The second-order valence-electron chi connectivity index (χ2n) is 4.77. The van der Waals surface area contributed by atoms with Crippen LogP contribution in [-0.4, -0.2) is 16.1 Å². The fraction of sp³-hybridized carbons (Fsp3) is 0.333. The summed E-state index contributed by atoms with van der Waals surface area (Å²) >= 11 is 5.19. The molecule has 3 rings (SSSR count). The Morgan fingerprint density at radius 3 is 2.68 bits per heavy atom. The van der Waals surface area contributed by atoms with Crippen molar-refractivity contribution in [1.29, 1.82) is 0 Å². The topological polar surface area (TPSA) is 37.9 Å². The summed E-state index contributed by atoms with van der Waals surface area (Å²) in [7, 11) is 0. The number of benzene rings is 1. The number of H-pyrrole nitrogens is 1. The highest BCUT2D eigenvalue weighted by molar-refractivity contribution is 7.71. The number of rotatable bonds is 4. The van der Waals surface area contributed by atoms with Crippen LogP contribution in [-0.2, 0) is 6.42 Å². The normalized spacial score (nSPS) is 14.4. The van der Waals surface area contributed by atoms with Crippen LogP contribution in [0.5, 0.6) is 5.75 Å². The molecule has 1 N–H and O–H groups in total. The first-order valence-corrected chi connectivity index (χ1v) is 7.03. The van der Waals surface area contributed by atoms with Gasteiger partial charge in [-0.3, -0.25) is 0 Å². The van der Waals surface area contributed by atoms with E-state index >= 15 is 0 Å². The van der Waals surface area contributed by atoms with Crippen molar-refractivity contribution in [2.75, 3.05) is 0 Å². The smallest absolute Gasteiger partial charge is 0.130 e. The molecule has 1 heterocycles.